The molecule has 2 heterocycles. The summed E-state index contributed by atoms with van der Waals surface area (Å²) in [7, 11) is 3.14. The number of hydrogen-bond acceptors (Lipinski definition) is 5. The number of ether oxygens (including phenoxy) is 3. The van der Waals surface area contributed by atoms with Gasteiger partial charge in [0.05, 0.1) is 26.5 Å². The molecule has 0 radical (unpaired) electrons. The summed E-state index contributed by atoms with van der Waals surface area (Å²) in [4.78, 5) is 18.6. The molecule has 1 atom stereocenters. The fraction of sp³-hybridized carbons (Fsp3) is 0.368. The number of aromatic nitrogens is 1. The number of benzene rings is 1. The lowest BCUT2D eigenvalue weighted by Gasteiger charge is -2.19. The molecular weight excluding hydrogens is 334 g/mol. The standard InChI is InChI=1S/C19H23N3O4/c1-13-5-4-6-18(20-13)26-15-9-10-22(12-15)19(23)21-16-8-7-14(24-2)11-17(16)25-3/h4-8,11,15H,9-10,12H2,1-3H3,(H,21,23). The highest BCUT2D eigenvalue weighted by Crippen LogP contribution is 2.29. The van der Waals surface area contributed by atoms with Crippen molar-refractivity contribution in [2.75, 3.05) is 32.6 Å². The molecule has 26 heavy (non-hydrogen) atoms. The summed E-state index contributed by atoms with van der Waals surface area (Å²) in [6, 6.07) is 10.7. The van der Waals surface area contributed by atoms with Crippen molar-refractivity contribution in [3.8, 4) is 17.4 Å². The van der Waals surface area contributed by atoms with Crippen molar-refractivity contribution in [2.24, 2.45) is 0 Å². The second-order valence-corrected chi connectivity index (χ2v) is 6.09. The third kappa shape index (κ3) is 4.17. The Bertz CT molecular complexity index is 781. The Morgan fingerprint density at radius 1 is 1.23 bits per heavy atom. The molecule has 1 aromatic heterocycles. The molecule has 2 amide bonds. The van der Waals surface area contributed by atoms with E-state index in [9.17, 15) is 4.79 Å². The number of rotatable bonds is 5. The first-order chi connectivity index (χ1) is 12.6. The zero-order chi connectivity index (χ0) is 18.5. The number of anilines is 1. The Morgan fingerprint density at radius 2 is 2.08 bits per heavy atom. The van der Waals surface area contributed by atoms with Crippen LogP contribution in [-0.4, -0.2) is 49.3 Å². The van der Waals surface area contributed by atoms with Gasteiger partial charge in [0.15, 0.2) is 0 Å². The highest BCUT2D eigenvalue weighted by atomic mass is 16.5. The van der Waals surface area contributed by atoms with Crippen LogP contribution in [0, 0.1) is 6.92 Å². The van der Waals surface area contributed by atoms with Gasteiger partial charge in [-0.2, -0.15) is 0 Å². The molecule has 1 aromatic carbocycles. The molecule has 1 unspecified atom stereocenters. The molecule has 1 aliphatic heterocycles. The highest BCUT2D eigenvalue weighted by Gasteiger charge is 2.28. The first kappa shape index (κ1) is 17.8. The van der Waals surface area contributed by atoms with E-state index in [1.165, 1.54) is 0 Å². The van der Waals surface area contributed by atoms with Crippen LogP contribution in [0.15, 0.2) is 36.4 Å². The lowest BCUT2D eigenvalue weighted by Crippen LogP contribution is -2.34. The quantitative estimate of drug-likeness (QED) is 0.890. The Balaban J connectivity index is 1.59. The van der Waals surface area contributed by atoms with Crippen molar-refractivity contribution in [1.29, 1.82) is 0 Å². The van der Waals surface area contributed by atoms with Crippen LogP contribution in [0.2, 0.25) is 0 Å². The zero-order valence-electron chi connectivity index (χ0n) is 15.2. The van der Waals surface area contributed by atoms with Gasteiger partial charge in [-0.15, -0.1) is 0 Å². The Kier molecular flexibility index (Phi) is 5.46. The van der Waals surface area contributed by atoms with Crippen molar-refractivity contribution >= 4 is 11.7 Å². The number of pyridine rings is 1. The summed E-state index contributed by atoms with van der Waals surface area (Å²) in [5.41, 5.74) is 1.50. The van der Waals surface area contributed by atoms with Gasteiger partial charge in [-0.05, 0) is 25.1 Å². The van der Waals surface area contributed by atoms with E-state index in [1.54, 1.807) is 37.3 Å². The lowest BCUT2D eigenvalue weighted by molar-refractivity contribution is 0.189. The average Bonchev–Trinajstić information content (AvgIpc) is 3.10. The molecule has 0 saturated carbocycles. The van der Waals surface area contributed by atoms with Crippen LogP contribution in [0.4, 0.5) is 10.5 Å². The van der Waals surface area contributed by atoms with Crippen LogP contribution in [0.5, 0.6) is 17.4 Å². The van der Waals surface area contributed by atoms with Gasteiger partial charge >= 0.3 is 6.03 Å². The van der Waals surface area contributed by atoms with E-state index >= 15 is 0 Å². The molecule has 2 aromatic rings. The zero-order valence-corrected chi connectivity index (χ0v) is 15.2. The van der Waals surface area contributed by atoms with Gasteiger partial charge in [0.2, 0.25) is 5.88 Å². The van der Waals surface area contributed by atoms with E-state index < -0.39 is 0 Å². The number of amides is 2. The van der Waals surface area contributed by atoms with Crippen LogP contribution < -0.4 is 19.5 Å². The summed E-state index contributed by atoms with van der Waals surface area (Å²) in [5, 5.41) is 2.88. The van der Waals surface area contributed by atoms with E-state index in [-0.39, 0.29) is 12.1 Å². The first-order valence-electron chi connectivity index (χ1n) is 8.47. The predicted molar refractivity (Wildman–Crippen MR) is 98.1 cm³/mol. The van der Waals surface area contributed by atoms with Crippen LogP contribution >= 0.6 is 0 Å². The van der Waals surface area contributed by atoms with E-state index in [2.05, 4.69) is 10.3 Å². The molecule has 0 spiro atoms. The van der Waals surface area contributed by atoms with Gasteiger partial charge in [0, 0.05) is 30.8 Å². The number of carbonyl (C=O) groups is 1. The molecule has 0 aliphatic carbocycles. The summed E-state index contributed by atoms with van der Waals surface area (Å²) in [6.07, 6.45) is 0.704. The molecule has 7 nitrogen and oxygen atoms in total. The maximum atomic E-state index is 12.5. The van der Waals surface area contributed by atoms with Crippen LogP contribution in [0.1, 0.15) is 12.1 Å². The predicted octanol–water partition coefficient (Wildman–Crippen LogP) is 3.09. The summed E-state index contributed by atoms with van der Waals surface area (Å²) in [5.74, 6) is 1.81. The molecule has 1 saturated heterocycles. The number of carbonyl (C=O) groups excluding carboxylic acids is 1. The van der Waals surface area contributed by atoms with Gasteiger partial charge in [-0.25, -0.2) is 9.78 Å². The smallest absolute Gasteiger partial charge is 0.322 e. The Hall–Kier alpha value is -2.96. The molecule has 1 N–H and O–H groups in total. The van der Waals surface area contributed by atoms with Crippen molar-refractivity contribution in [3.63, 3.8) is 0 Å². The van der Waals surface area contributed by atoms with Crippen molar-refractivity contribution < 1.29 is 19.0 Å². The summed E-state index contributed by atoms with van der Waals surface area (Å²) >= 11 is 0. The Morgan fingerprint density at radius 3 is 2.81 bits per heavy atom. The van der Waals surface area contributed by atoms with E-state index in [0.29, 0.717) is 36.2 Å². The number of nitrogens with one attached hydrogen (secondary N) is 1. The molecule has 3 rings (SSSR count). The minimum atomic E-state index is -0.184. The second-order valence-electron chi connectivity index (χ2n) is 6.09. The van der Waals surface area contributed by atoms with Crippen molar-refractivity contribution in [1.82, 2.24) is 9.88 Å². The monoisotopic (exact) mass is 357 g/mol. The number of aryl methyl sites for hydroxylation is 1. The number of urea groups is 1. The topological polar surface area (TPSA) is 72.9 Å². The molecule has 7 heteroatoms. The average molecular weight is 357 g/mol. The molecule has 1 fully saturated rings. The molecule has 1 aliphatic rings. The van der Waals surface area contributed by atoms with Crippen LogP contribution in [0.25, 0.3) is 0 Å². The largest absolute Gasteiger partial charge is 0.497 e. The van der Waals surface area contributed by atoms with Crippen molar-refractivity contribution in [2.45, 2.75) is 19.4 Å². The van der Waals surface area contributed by atoms with Crippen LogP contribution in [-0.2, 0) is 0 Å². The van der Waals surface area contributed by atoms with Crippen LogP contribution in [0.3, 0.4) is 0 Å². The maximum Gasteiger partial charge on any atom is 0.322 e. The SMILES string of the molecule is COc1ccc(NC(=O)N2CCC(Oc3cccc(C)n3)C2)c(OC)c1. The molecular formula is C19H23N3O4. The minimum Gasteiger partial charge on any atom is -0.497 e. The van der Waals surface area contributed by atoms with E-state index in [0.717, 1.165) is 12.1 Å². The van der Waals surface area contributed by atoms with E-state index in [1.807, 2.05) is 25.1 Å². The van der Waals surface area contributed by atoms with Gasteiger partial charge in [-0.1, -0.05) is 6.07 Å². The first-order valence-corrected chi connectivity index (χ1v) is 8.47. The Labute approximate surface area is 152 Å². The number of likely N-dealkylation sites (tertiary alicyclic amines) is 1. The third-order valence-corrected chi connectivity index (χ3v) is 4.23. The highest BCUT2D eigenvalue weighted by molar-refractivity contribution is 5.91. The second kappa shape index (κ2) is 7.95. The number of hydrogen-bond donors (Lipinski definition) is 1. The molecule has 138 valence electrons. The maximum absolute atomic E-state index is 12.5. The fourth-order valence-electron chi connectivity index (χ4n) is 2.86. The third-order valence-electron chi connectivity index (χ3n) is 4.23. The number of nitrogens with zero attached hydrogens (tertiary/aromatic N) is 2. The van der Waals surface area contributed by atoms with Gasteiger partial charge < -0.3 is 24.4 Å². The van der Waals surface area contributed by atoms with Gasteiger partial charge in [-0.3, -0.25) is 0 Å². The normalized spacial score (nSPS) is 16.3. The van der Waals surface area contributed by atoms with E-state index in [4.69, 9.17) is 14.2 Å². The minimum absolute atomic E-state index is 0.0622. The summed E-state index contributed by atoms with van der Waals surface area (Å²) in [6.45, 7) is 3.06. The fourth-order valence-corrected chi connectivity index (χ4v) is 2.86. The lowest BCUT2D eigenvalue weighted by atomic mass is 10.2. The molecule has 0 bridgehead atoms. The van der Waals surface area contributed by atoms with Gasteiger partial charge in [0.1, 0.15) is 17.6 Å². The van der Waals surface area contributed by atoms with Gasteiger partial charge in [0.25, 0.3) is 0 Å². The summed E-state index contributed by atoms with van der Waals surface area (Å²) < 4.78 is 16.4. The number of methoxy groups -OCH3 is 2. The van der Waals surface area contributed by atoms with Crippen molar-refractivity contribution in [3.05, 3.63) is 42.1 Å².